The summed E-state index contributed by atoms with van der Waals surface area (Å²) in [5.74, 6) is 0.226. The molecule has 0 unspecified atom stereocenters. The third kappa shape index (κ3) is 5.30. The zero-order valence-electron chi connectivity index (χ0n) is 15.5. The second kappa shape index (κ2) is 8.10. The fraction of sp³-hybridized carbons (Fsp3) is 0.350. The average Bonchev–Trinajstić information content (AvgIpc) is 3.43. The lowest BCUT2D eigenvalue weighted by atomic mass is 10.1. The van der Waals surface area contributed by atoms with Gasteiger partial charge in [-0.3, -0.25) is 4.79 Å². The first kappa shape index (κ1) is 19.4. The molecule has 0 aromatic heterocycles. The lowest BCUT2D eigenvalue weighted by Crippen LogP contribution is -2.26. The van der Waals surface area contributed by atoms with Crippen LogP contribution in [0.5, 0.6) is 5.75 Å². The molecule has 1 amide bonds. The van der Waals surface area contributed by atoms with Gasteiger partial charge in [-0.2, -0.15) is 0 Å². The van der Waals surface area contributed by atoms with Crippen molar-refractivity contribution in [3.8, 4) is 5.75 Å². The number of hydrogen-bond acceptors (Lipinski definition) is 4. The number of carbonyl (C=O) groups is 1. The molecule has 0 saturated heterocycles. The van der Waals surface area contributed by atoms with Gasteiger partial charge in [0.25, 0.3) is 0 Å². The van der Waals surface area contributed by atoms with E-state index in [-0.39, 0.29) is 16.8 Å². The van der Waals surface area contributed by atoms with Crippen LogP contribution in [0.15, 0.2) is 47.4 Å². The minimum atomic E-state index is -3.60. The van der Waals surface area contributed by atoms with Crippen LogP contribution in [-0.2, 0) is 21.2 Å². The summed E-state index contributed by atoms with van der Waals surface area (Å²) in [7, 11) is -2.12. The molecule has 1 fully saturated rings. The minimum absolute atomic E-state index is 0.0180. The Morgan fingerprint density at radius 3 is 2.63 bits per heavy atom. The summed E-state index contributed by atoms with van der Waals surface area (Å²) in [5, 5.41) is 2.77. The van der Waals surface area contributed by atoms with Gasteiger partial charge in [0.1, 0.15) is 5.75 Å². The Morgan fingerprint density at radius 1 is 1.19 bits per heavy atom. The van der Waals surface area contributed by atoms with Gasteiger partial charge in [0.15, 0.2) is 0 Å². The van der Waals surface area contributed by atoms with Gasteiger partial charge in [-0.05, 0) is 49.9 Å². The summed E-state index contributed by atoms with van der Waals surface area (Å²) in [6, 6.07) is 12.5. The molecule has 2 aromatic rings. The maximum absolute atomic E-state index is 12.4. The SMILES string of the molecule is COc1ccc(S(=O)(=O)NC2CC2)cc1NC(=O)CCc1cccc(C)c1. The highest BCUT2D eigenvalue weighted by Crippen LogP contribution is 2.29. The molecule has 0 radical (unpaired) electrons. The van der Waals surface area contributed by atoms with Crippen molar-refractivity contribution in [2.24, 2.45) is 0 Å². The number of carbonyl (C=O) groups excluding carboxylic acids is 1. The van der Waals surface area contributed by atoms with Crippen molar-refractivity contribution < 1.29 is 17.9 Å². The Morgan fingerprint density at radius 2 is 1.96 bits per heavy atom. The number of nitrogens with one attached hydrogen (secondary N) is 2. The van der Waals surface area contributed by atoms with Crippen LogP contribution in [0.3, 0.4) is 0 Å². The second-order valence-corrected chi connectivity index (χ2v) is 8.51. The molecule has 0 spiro atoms. The van der Waals surface area contributed by atoms with Crippen LogP contribution in [0.25, 0.3) is 0 Å². The number of sulfonamides is 1. The topological polar surface area (TPSA) is 84.5 Å². The molecular weight excluding hydrogens is 364 g/mol. The summed E-state index contributed by atoms with van der Waals surface area (Å²) < 4.78 is 32.7. The smallest absolute Gasteiger partial charge is 0.240 e. The number of anilines is 1. The lowest BCUT2D eigenvalue weighted by Gasteiger charge is -2.13. The van der Waals surface area contributed by atoms with Gasteiger partial charge in [-0.15, -0.1) is 0 Å². The molecule has 0 atom stereocenters. The Labute approximate surface area is 160 Å². The Balaban J connectivity index is 1.70. The molecule has 1 saturated carbocycles. The molecule has 7 heteroatoms. The standard InChI is InChI=1S/C20H24N2O4S/c1-14-4-3-5-15(12-14)6-11-20(23)21-18-13-17(9-10-19(18)26-2)27(24,25)22-16-7-8-16/h3-5,9-10,12-13,16,22H,6-8,11H2,1-2H3,(H,21,23). The Hall–Kier alpha value is -2.38. The zero-order valence-corrected chi connectivity index (χ0v) is 16.3. The summed E-state index contributed by atoms with van der Waals surface area (Å²) >= 11 is 0. The predicted octanol–water partition coefficient (Wildman–Crippen LogP) is 3.02. The van der Waals surface area contributed by atoms with Crippen LogP contribution in [0.4, 0.5) is 5.69 Å². The van der Waals surface area contributed by atoms with Crippen molar-refractivity contribution in [2.75, 3.05) is 12.4 Å². The van der Waals surface area contributed by atoms with E-state index in [1.54, 1.807) is 6.07 Å². The molecule has 1 aliphatic rings. The monoisotopic (exact) mass is 388 g/mol. The molecule has 2 aromatic carbocycles. The van der Waals surface area contributed by atoms with Crippen LogP contribution < -0.4 is 14.8 Å². The molecule has 1 aliphatic carbocycles. The van der Waals surface area contributed by atoms with Crippen LogP contribution in [0.1, 0.15) is 30.4 Å². The van der Waals surface area contributed by atoms with E-state index in [1.807, 2.05) is 31.2 Å². The number of ether oxygens (including phenoxy) is 1. The van der Waals surface area contributed by atoms with Crippen molar-refractivity contribution in [1.82, 2.24) is 4.72 Å². The normalized spacial score (nSPS) is 14.0. The Bertz CT molecular complexity index is 937. The second-order valence-electron chi connectivity index (χ2n) is 6.79. The van der Waals surface area contributed by atoms with E-state index >= 15 is 0 Å². The number of benzene rings is 2. The summed E-state index contributed by atoms with van der Waals surface area (Å²) in [5.41, 5.74) is 2.59. The van der Waals surface area contributed by atoms with E-state index in [4.69, 9.17) is 4.74 Å². The van der Waals surface area contributed by atoms with Crippen molar-refractivity contribution >= 4 is 21.6 Å². The Kier molecular flexibility index (Phi) is 5.82. The number of hydrogen-bond donors (Lipinski definition) is 2. The fourth-order valence-corrected chi connectivity index (χ4v) is 4.11. The quantitative estimate of drug-likeness (QED) is 0.728. The zero-order chi connectivity index (χ0) is 19.4. The first-order valence-electron chi connectivity index (χ1n) is 8.93. The summed E-state index contributed by atoms with van der Waals surface area (Å²) in [6.45, 7) is 2.01. The predicted molar refractivity (Wildman–Crippen MR) is 104 cm³/mol. The molecule has 3 rings (SSSR count). The van der Waals surface area contributed by atoms with Crippen molar-refractivity contribution in [3.05, 3.63) is 53.6 Å². The third-order valence-corrected chi connectivity index (χ3v) is 5.90. The van der Waals surface area contributed by atoms with Gasteiger partial charge in [-0.25, -0.2) is 13.1 Å². The van der Waals surface area contributed by atoms with Crippen LogP contribution in [0.2, 0.25) is 0 Å². The molecule has 0 bridgehead atoms. The highest BCUT2D eigenvalue weighted by molar-refractivity contribution is 7.89. The maximum Gasteiger partial charge on any atom is 0.240 e. The summed E-state index contributed by atoms with van der Waals surface area (Å²) in [4.78, 5) is 12.5. The molecule has 6 nitrogen and oxygen atoms in total. The fourth-order valence-electron chi connectivity index (χ4n) is 2.78. The third-order valence-electron chi connectivity index (χ3n) is 4.38. The van der Waals surface area contributed by atoms with Gasteiger partial charge in [-0.1, -0.05) is 29.8 Å². The van der Waals surface area contributed by atoms with Crippen LogP contribution >= 0.6 is 0 Å². The van der Waals surface area contributed by atoms with Crippen molar-refractivity contribution in [3.63, 3.8) is 0 Å². The molecule has 144 valence electrons. The average molecular weight is 388 g/mol. The molecule has 0 aliphatic heterocycles. The van der Waals surface area contributed by atoms with Crippen LogP contribution in [-0.4, -0.2) is 27.5 Å². The van der Waals surface area contributed by atoms with Gasteiger partial charge in [0.2, 0.25) is 15.9 Å². The lowest BCUT2D eigenvalue weighted by molar-refractivity contribution is -0.116. The van der Waals surface area contributed by atoms with E-state index in [9.17, 15) is 13.2 Å². The number of rotatable bonds is 8. The van der Waals surface area contributed by atoms with Crippen molar-refractivity contribution in [2.45, 2.75) is 43.5 Å². The first-order chi connectivity index (χ1) is 12.9. The largest absolute Gasteiger partial charge is 0.495 e. The molecule has 2 N–H and O–H groups in total. The maximum atomic E-state index is 12.4. The molecule has 0 heterocycles. The highest BCUT2D eigenvalue weighted by Gasteiger charge is 2.28. The van der Waals surface area contributed by atoms with E-state index in [1.165, 1.54) is 19.2 Å². The van der Waals surface area contributed by atoms with E-state index < -0.39 is 10.0 Å². The summed E-state index contributed by atoms with van der Waals surface area (Å²) in [6.07, 6.45) is 2.62. The van der Waals surface area contributed by atoms with E-state index in [0.29, 0.717) is 24.3 Å². The van der Waals surface area contributed by atoms with Gasteiger partial charge < -0.3 is 10.1 Å². The van der Waals surface area contributed by atoms with E-state index in [0.717, 1.165) is 24.0 Å². The van der Waals surface area contributed by atoms with E-state index in [2.05, 4.69) is 10.0 Å². The van der Waals surface area contributed by atoms with Gasteiger partial charge in [0.05, 0.1) is 17.7 Å². The highest BCUT2D eigenvalue weighted by atomic mass is 32.2. The first-order valence-corrected chi connectivity index (χ1v) is 10.4. The van der Waals surface area contributed by atoms with Crippen LogP contribution in [0, 0.1) is 6.92 Å². The number of aryl methyl sites for hydroxylation is 2. The number of amides is 1. The molecular formula is C20H24N2O4S. The minimum Gasteiger partial charge on any atom is -0.495 e. The van der Waals surface area contributed by atoms with Gasteiger partial charge >= 0.3 is 0 Å². The van der Waals surface area contributed by atoms with Gasteiger partial charge in [0, 0.05) is 12.5 Å². The number of methoxy groups -OCH3 is 1. The van der Waals surface area contributed by atoms with Crippen molar-refractivity contribution in [1.29, 1.82) is 0 Å². The molecule has 27 heavy (non-hydrogen) atoms.